The predicted molar refractivity (Wildman–Crippen MR) is 72.5 cm³/mol. The lowest BCUT2D eigenvalue weighted by molar-refractivity contribution is 0.0361. The third-order valence-electron chi connectivity index (χ3n) is 3.35. The van der Waals surface area contributed by atoms with Crippen molar-refractivity contribution in [3.63, 3.8) is 0 Å². The van der Waals surface area contributed by atoms with E-state index in [1.165, 1.54) is 10.6 Å². The maximum absolute atomic E-state index is 12.1. The van der Waals surface area contributed by atoms with Gasteiger partial charge in [-0.25, -0.2) is 4.79 Å². The summed E-state index contributed by atoms with van der Waals surface area (Å²) in [5, 5.41) is 0. The molecule has 6 heteroatoms. The topological polar surface area (TPSA) is 56.5 Å². The zero-order valence-electron chi connectivity index (χ0n) is 11.4. The fourth-order valence-corrected chi connectivity index (χ4v) is 2.24. The van der Waals surface area contributed by atoms with Crippen molar-refractivity contribution in [2.24, 2.45) is 0 Å². The molecule has 0 atom stereocenters. The van der Waals surface area contributed by atoms with Crippen LogP contribution in [-0.2, 0) is 17.8 Å². The van der Waals surface area contributed by atoms with Crippen molar-refractivity contribution in [3.05, 3.63) is 33.1 Å². The van der Waals surface area contributed by atoms with Crippen LogP contribution in [0.15, 0.2) is 21.9 Å². The lowest BCUT2D eigenvalue weighted by Gasteiger charge is -2.26. The summed E-state index contributed by atoms with van der Waals surface area (Å²) in [6, 6.07) is 1.47. The van der Waals surface area contributed by atoms with E-state index in [4.69, 9.17) is 4.74 Å². The van der Waals surface area contributed by atoms with Crippen LogP contribution in [0.3, 0.4) is 0 Å². The SMILES string of the molecule is CCCn1ccc(=O)n(CCN2CCOCC2)c1=O. The van der Waals surface area contributed by atoms with Gasteiger partial charge in [0.1, 0.15) is 0 Å². The molecule has 0 aliphatic carbocycles. The van der Waals surface area contributed by atoms with E-state index in [1.54, 1.807) is 10.8 Å². The minimum absolute atomic E-state index is 0.206. The van der Waals surface area contributed by atoms with Gasteiger partial charge in [-0.1, -0.05) is 6.92 Å². The first-order valence-corrected chi connectivity index (χ1v) is 6.82. The molecule has 0 amide bonds. The monoisotopic (exact) mass is 267 g/mol. The predicted octanol–water partition coefficient (Wildman–Crippen LogP) is -0.248. The Morgan fingerprint density at radius 3 is 2.58 bits per heavy atom. The minimum Gasteiger partial charge on any atom is -0.379 e. The summed E-state index contributed by atoms with van der Waals surface area (Å²) >= 11 is 0. The Bertz CT molecular complexity index is 515. The number of nitrogens with zero attached hydrogens (tertiary/aromatic N) is 3. The Morgan fingerprint density at radius 2 is 1.89 bits per heavy atom. The summed E-state index contributed by atoms with van der Waals surface area (Å²) in [6.07, 6.45) is 2.46. The lowest BCUT2D eigenvalue weighted by Crippen LogP contribution is -2.44. The van der Waals surface area contributed by atoms with Crippen LogP contribution in [-0.4, -0.2) is 46.9 Å². The Balaban J connectivity index is 2.08. The number of rotatable bonds is 5. The van der Waals surface area contributed by atoms with Gasteiger partial charge in [0.15, 0.2) is 0 Å². The highest BCUT2D eigenvalue weighted by molar-refractivity contribution is 4.86. The second-order valence-corrected chi connectivity index (χ2v) is 4.74. The molecule has 2 heterocycles. The van der Waals surface area contributed by atoms with Gasteiger partial charge in [-0.2, -0.15) is 0 Å². The van der Waals surface area contributed by atoms with E-state index >= 15 is 0 Å². The fourth-order valence-electron chi connectivity index (χ4n) is 2.24. The van der Waals surface area contributed by atoms with E-state index in [-0.39, 0.29) is 11.2 Å². The first kappa shape index (κ1) is 14.0. The van der Waals surface area contributed by atoms with Crippen molar-refractivity contribution in [3.8, 4) is 0 Å². The fraction of sp³-hybridized carbons (Fsp3) is 0.692. The van der Waals surface area contributed by atoms with Crippen molar-refractivity contribution < 1.29 is 4.74 Å². The molecule has 1 aliphatic rings. The summed E-state index contributed by atoms with van der Waals surface area (Å²) in [6.45, 7) is 7.01. The number of hydrogen-bond donors (Lipinski definition) is 0. The summed E-state index contributed by atoms with van der Waals surface area (Å²) in [4.78, 5) is 26.1. The van der Waals surface area contributed by atoms with Crippen LogP contribution in [0.1, 0.15) is 13.3 Å². The minimum atomic E-state index is -0.217. The van der Waals surface area contributed by atoms with Crippen LogP contribution in [0, 0.1) is 0 Å². The van der Waals surface area contributed by atoms with Gasteiger partial charge in [0.05, 0.1) is 13.2 Å². The number of morpholine rings is 1. The molecule has 0 aromatic carbocycles. The Kier molecular flexibility index (Phi) is 4.93. The highest BCUT2D eigenvalue weighted by Crippen LogP contribution is 1.96. The summed E-state index contributed by atoms with van der Waals surface area (Å²) in [5.74, 6) is 0. The number of ether oxygens (including phenoxy) is 1. The molecule has 6 nitrogen and oxygen atoms in total. The maximum atomic E-state index is 12.1. The van der Waals surface area contributed by atoms with Gasteiger partial charge in [-0.3, -0.25) is 14.3 Å². The highest BCUT2D eigenvalue weighted by atomic mass is 16.5. The smallest absolute Gasteiger partial charge is 0.331 e. The number of hydrogen-bond acceptors (Lipinski definition) is 4. The summed E-state index contributed by atoms with van der Waals surface area (Å²) in [7, 11) is 0. The molecule has 19 heavy (non-hydrogen) atoms. The zero-order chi connectivity index (χ0) is 13.7. The average molecular weight is 267 g/mol. The molecule has 0 unspecified atom stereocenters. The van der Waals surface area contributed by atoms with Crippen molar-refractivity contribution in [2.75, 3.05) is 32.8 Å². The molecule has 0 spiro atoms. The molecule has 0 saturated carbocycles. The van der Waals surface area contributed by atoms with E-state index in [0.717, 1.165) is 32.7 Å². The molecule has 0 bridgehead atoms. The van der Waals surface area contributed by atoms with Crippen molar-refractivity contribution in [2.45, 2.75) is 26.4 Å². The maximum Gasteiger partial charge on any atom is 0.331 e. The second-order valence-electron chi connectivity index (χ2n) is 4.74. The van der Waals surface area contributed by atoms with E-state index in [0.29, 0.717) is 19.6 Å². The van der Waals surface area contributed by atoms with Crippen LogP contribution < -0.4 is 11.2 Å². The highest BCUT2D eigenvalue weighted by Gasteiger charge is 2.11. The third-order valence-corrected chi connectivity index (χ3v) is 3.35. The molecular weight excluding hydrogens is 246 g/mol. The van der Waals surface area contributed by atoms with Crippen molar-refractivity contribution in [1.29, 1.82) is 0 Å². The molecule has 0 N–H and O–H groups in total. The van der Waals surface area contributed by atoms with Gasteiger partial charge in [0.2, 0.25) is 0 Å². The first-order chi connectivity index (χ1) is 9.22. The van der Waals surface area contributed by atoms with Gasteiger partial charge in [-0.05, 0) is 6.42 Å². The molecule has 1 saturated heterocycles. The van der Waals surface area contributed by atoms with Crippen LogP contribution in [0.25, 0.3) is 0 Å². The first-order valence-electron chi connectivity index (χ1n) is 6.82. The van der Waals surface area contributed by atoms with Crippen molar-refractivity contribution in [1.82, 2.24) is 14.0 Å². The van der Waals surface area contributed by atoms with Gasteiger partial charge in [0.25, 0.3) is 5.56 Å². The van der Waals surface area contributed by atoms with Gasteiger partial charge >= 0.3 is 5.69 Å². The zero-order valence-corrected chi connectivity index (χ0v) is 11.4. The average Bonchev–Trinajstić information content (AvgIpc) is 2.43. The summed E-state index contributed by atoms with van der Waals surface area (Å²) < 4.78 is 8.20. The van der Waals surface area contributed by atoms with Crippen LogP contribution >= 0.6 is 0 Å². The molecule has 1 aromatic rings. The molecule has 1 aromatic heterocycles. The van der Waals surface area contributed by atoms with Crippen LogP contribution in [0.2, 0.25) is 0 Å². The quantitative estimate of drug-likeness (QED) is 0.738. The number of aromatic nitrogens is 2. The molecule has 1 fully saturated rings. The van der Waals surface area contributed by atoms with E-state index in [1.807, 2.05) is 6.92 Å². The molecule has 2 rings (SSSR count). The third kappa shape index (κ3) is 3.54. The molecule has 106 valence electrons. The van der Waals surface area contributed by atoms with Crippen LogP contribution in [0.5, 0.6) is 0 Å². The Labute approximate surface area is 112 Å². The summed E-state index contributed by atoms with van der Waals surface area (Å²) in [5.41, 5.74) is -0.423. The van der Waals surface area contributed by atoms with Gasteiger partial charge in [-0.15, -0.1) is 0 Å². The molecule has 0 radical (unpaired) electrons. The van der Waals surface area contributed by atoms with Gasteiger partial charge < -0.3 is 9.30 Å². The molecule has 1 aliphatic heterocycles. The largest absolute Gasteiger partial charge is 0.379 e. The van der Waals surface area contributed by atoms with E-state index in [9.17, 15) is 9.59 Å². The normalized spacial score (nSPS) is 16.7. The van der Waals surface area contributed by atoms with Crippen LogP contribution in [0.4, 0.5) is 0 Å². The van der Waals surface area contributed by atoms with Crippen molar-refractivity contribution >= 4 is 0 Å². The second kappa shape index (κ2) is 6.68. The Hall–Kier alpha value is -1.40. The standard InChI is InChI=1S/C13H21N3O3/c1-2-4-15-5-3-12(17)16(13(15)18)7-6-14-8-10-19-11-9-14/h3,5H,2,4,6-11H2,1H3. The van der Waals surface area contributed by atoms with Gasteiger partial charge in [0, 0.05) is 45.0 Å². The molecular formula is C13H21N3O3. The Morgan fingerprint density at radius 1 is 1.16 bits per heavy atom. The van der Waals surface area contributed by atoms with E-state index < -0.39 is 0 Å². The lowest BCUT2D eigenvalue weighted by atomic mass is 10.4. The number of aryl methyl sites for hydroxylation is 1. The van der Waals surface area contributed by atoms with E-state index in [2.05, 4.69) is 4.90 Å².